The van der Waals surface area contributed by atoms with Crippen molar-refractivity contribution in [2.24, 2.45) is 0 Å². The normalized spacial score (nSPS) is 10.3. The molecule has 0 saturated heterocycles. The highest BCUT2D eigenvalue weighted by molar-refractivity contribution is 5.94. The standard InChI is InChI=1S/C19H23NO3/c1-5-23-17-7-6-15(11-18(17)22-4)12-20-19(21)16-9-13(2)8-14(3)10-16/h6-11H,5,12H2,1-4H3,(H,20,21). The molecule has 0 fully saturated rings. The molecular formula is C19H23NO3. The predicted molar refractivity (Wildman–Crippen MR) is 91.2 cm³/mol. The summed E-state index contributed by atoms with van der Waals surface area (Å²) in [6.45, 7) is 6.92. The van der Waals surface area contributed by atoms with Crippen molar-refractivity contribution in [1.29, 1.82) is 0 Å². The number of aryl methyl sites for hydroxylation is 2. The minimum Gasteiger partial charge on any atom is -0.493 e. The molecule has 2 aromatic rings. The van der Waals surface area contributed by atoms with Crippen LogP contribution in [0.3, 0.4) is 0 Å². The molecule has 0 bridgehead atoms. The maximum Gasteiger partial charge on any atom is 0.251 e. The Balaban J connectivity index is 2.06. The molecule has 0 aliphatic rings. The number of carbonyl (C=O) groups is 1. The Bertz CT molecular complexity index is 675. The van der Waals surface area contributed by atoms with Gasteiger partial charge in [-0.05, 0) is 50.6 Å². The van der Waals surface area contributed by atoms with Crippen LogP contribution >= 0.6 is 0 Å². The zero-order chi connectivity index (χ0) is 16.8. The summed E-state index contributed by atoms with van der Waals surface area (Å²) in [7, 11) is 1.61. The highest BCUT2D eigenvalue weighted by Crippen LogP contribution is 2.28. The molecule has 0 aliphatic carbocycles. The fourth-order valence-corrected chi connectivity index (χ4v) is 2.49. The number of rotatable bonds is 6. The number of ether oxygens (including phenoxy) is 2. The summed E-state index contributed by atoms with van der Waals surface area (Å²) in [5.41, 5.74) is 3.80. The largest absolute Gasteiger partial charge is 0.493 e. The number of hydrogen-bond donors (Lipinski definition) is 1. The molecular weight excluding hydrogens is 290 g/mol. The summed E-state index contributed by atoms with van der Waals surface area (Å²) in [6.07, 6.45) is 0. The van der Waals surface area contributed by atoms with Crippen LogP contribution in [0, 0.1) is 13.8 Å². The molecule has 122 valence electrons. The van der Waals surface area contributed by atoms with E-state index in [2.05, 4.69) is 5.32 Å². The maximum atomic E-state index is 12.3. The molecule has 2 rings (SSSR count). The zero-order valence-electron chi connectivity index (χ0n) is 14.1. The Morgan fingerprint density at radius 1 is 1.04 bits per heavy atom. The fraction of sp³-hybridized carbons (Fsp3) is 0.316. The van der Waals surface area contributed by atoms with Gasteiger partial charge < -0.3 is 14.8 Å². The third-order valence-corrected chi connectivity index (χ3v) is 3.46. The van der Waals surface area contributed by atoms with Gasteiger partial charge in [-0.2, -0.15) is 0 Å². The first-order valence-corrected chi connectivity index (χ1v) is 7.69. The Labute approximate surface area is 137 Å². The Morgan fingerprint density at radius 2 is 1.74 bits per heavy atom. The molecule has 1 amide bonds. The van der Waals surface area contributed by atoms with Gasteiger partial charge in [-0.15, -0.1) is 0 Å². The van der Waals surface area contributed by atoms with Gasteiger partial charge in [0.1, 0.15) is 0 Å². The first kappa shape index (κ1) is 16.9. The maximum absolute atomic E-state index is 12.3. The van der Waals surface area contributed by atoms with E-state index in [0.29, 0.717) is 30.2 Å². The highest BCUT2D eigenvalue weighted by Gasteiger charge is 2.09. The van der Waals surface area contributed by atoms with Gasteiger partial charge in [0.25, 0.3) is 5.91 Å². The van der Waals surface area contributed by atoms with E-state index in [1.54, 1.807) is 7.11 Å². The van der Waals surface area contributed by atoms with Crippen molar-refractivity contribution in [3.63, 3.8) is 0 Å². The van der Waals surface area contributed by atoms with Crippen molar-refractivity contribution < 1.29 is 14.3 Å². The third kappa shape index (κ3) is 4.49. The molecule has 0 unspecified atom stereocenters. The van der Waals surface area contributed by atoms with Crippen LogP contribution < -0.4 is 14.8 Å². The van der Waals surface area contributed by atoms with Crippen molar-refractivity contribution in [3.05, 3.63) is 58.7 Å². The number of methoxy groups -OCH3 is 1. The SMILES string of the molecule is CCOc1ccc(CNC(=O)c2cc(C)cc(C)c2)cc1OC. The van der Waals surface area contributed by atoms with Crippen LogP contribution in [0.15, 0.2) is 36.4 Å². The van der Waals surface area contributed by atoms with E-state index >= 15 is 0 Å². The van der Waals surface area contributed by atoms with E-state index in [4.69, 9.17) is 9.47 Å². The lowest BCUT2D eigenvalue weighted by molar-refractivity contribution is 0.0950. The second-order valence-electron chi connectivity index (χ2n) is 5.48. The summed E-state index contributed by atoms with van der Waals surface area (Å²) in [5, 5.41) is 2.94. The third-order valence-electron chi connectivity index (χ3n) is 3.46. The van der Waals surface area contributed by atoms with Crippen LogP contribution in [0.2, 0.25) is 0 Å². The number of carbonyl (C=O) groups excluding carboxylic acids is 1. The monoisotopic (exact) mass is 313 g/mol. The van der Waals surface area contributed by atoms with Gasteiger partial charge in [-0.25, -0.2) is 0 Å². The number of amides is 1. The second kappa shape index (κ2) is 7.68. The average molecular weight is 313 g/mol. The smallest absolute Gasteiger partial charge is 0.251 e. The van der Waals surface area contributed by atoms with Gasteiger partial charge in [-0.3, -0.25) is 4.79 Å². The first-order chi connectivity index (χ1) is 11.0. The van der Waals surface area contributed by atoms with Gasteiger partial charge in [0.15, 0.2) is 11.5 Å². The fourth-order valence-electron chi connectivity index (χ4n) is 2.49. The van der Waals surface area contributed by atoms with Gasteiger partial charge in [0.2, 0.25) is 0 Å². The van der Waals surface area contributed by atoms with Crippen LogP contribution in [0.5, 0.6) is 11.5 Å². The summed E-state index contributed by atoms with van der Waals surface area (Å²) >= 11 is 0. The molecule has 0 radical (unpaired) electrons. The number of benzene rings is 2. The zero-order valence-corrected chi connectivity index (χ0v) is 14.1. The number of hydrogen-bond acceptors (Lipinski definition) is 3. The molecule has 0 saturated carbocycles. The van der Waals surface area contributed by atoms with Crippen LogP contribution in [0.1, 0.15) is 34.0 Å². The lowest BCUT2D eigenvalue weighted by Crippen LogP contribution is -2.23. The summed E-state index contributed by atoms with van der Waals surface area (Å²) in [6, 6.07) is 11.5. The van der Waals surface area contributed by atoms with Crippen molar-refractivity contribution >= 4 is 5.91 Å². The van der Waals surface area contributed by atoms with Crippen LogP contribution in [0.25, 0.3) is 0 Å². The van der Waals surface area contributed by atoms with Crippen LogP contribution in [0.4, 0.5) is 0 Å². The van der Waals surface area contributed by atoms with E-state index in [1.165, 1.54) is 0 Å². The summed E-state index contributed by atoms with van der Waals surface area (Å²) in [4.78, 5) is 12.3. The molecule has 23 heavy (non-hydrogen) atoms. The molecule has 2 aromatic carbocycles. The molecule has 4 nitrogen and oxygen atoms in total. The molecule has 1 N–H and O–H groups in total. The molecule has 0 aliphatic heterocycles. The van der Waals surface area contributed by atoms with Crippen molar-refractivity contribution in [2.45, 2.75) is 27.3 Å². The molecule has 0 heterocycles. The molecule has 0 aromatic heterocycles. The minimum absolute atomic E-state index is 0.0790. The highest BCUT2D eigenvalue weighted by atomic mass is 16.5. The van der Waals surface area contributed by atoms with E-state index in [-0.39, 0.29) is 5.91 Å². The molecule has 4 heteroatoms. The Kier molecular flexibility index (Phi) is 5.63. The Morgan fingerprint density at radius 3 is 2.35 bits per heavy atom. The number of nitrogens with one attached hydrogen (secondary N) is 1. The van der Waals surface area contributed by atoms with Crippen LogP contribution in [-0.2, 0) is 6.54 Å². The van der Waals surface area contributed by atoms with Crippen molar-refractivity contribution in [3.8, 4) is 11.5 Å². The summed E-state index contributed by atoms with van der Waals surface area (Å²) in [5.74, 6) is 1.30. The molecule has 0 atom stereocenters. The van der Waals surface area contributed by atoms with E-state index < -0.39 is 0 Å². The van der Waals surface area contributed by atoms with Gasteiger partial charge >= 0.3 is 0 Å². The second-order valence-corrected chi connectivity index (χ2v) is 5.48. The quantitative estimate of drug-likeness (QED) is 0.885. The lowest BCUT2D eigenvalue weighted by Gasteiger charge is -2.12. The van der Waals surface area contributed by atoms with E-state index in [9.17, 15) is 4.79 Å². The Hall–Kier alpha value is -2.49. The average Bonchev–Trinajstić information content (AvgIpc) is 2.52. The van der Waals surface area contributed by atoms with Crippen LogP contribution in [-0.4, -0.2) is 19.6 Å². The lowest BCUT2D eigenvalue weighted by atomic mass is 10.1. The van der Waals surface area contributed by atoms with Gasteiger partial charge in [0, 0.05) is 12.1 Å². The topological polar surface area (TPSA) is 47.6 Å². The molecule has 0 spiro atoms. The van der Waals surface area contributed by atoms with Crippen molar-refractivity contribution in [2.75, 3.05) is 13.7 Å². The summed E-state index contributed by atoms with van der Waals surface area (Å²) < 4.78 is 10.8. The van der Waals surface area contributed by atoms with E-state index in [1.807, 2.05) is 57.2 Å². The minimum atomic E-state index is -0.0790. The first-order valence-electron chi connectivity index (χ1n) is 7.69. The van der Waals surface area contributed by atoms with Crippen molar-refractivity contribution in [1.82, 2.24) is 5.32 Å². The predicted octanol–water partition coefficient (Wildman–Crippen LogP) is 3.64. The van der Waals surface area contributed by atoms with Gasteiger partial charge in [-0.1, -0.05) is 23.3 Å². The van der Waals surface area contributed by atoms with E-state index in [0.717, 1.165) is 16.7 Å². The van der Waals surface area contributed by atoms with Gasteiger partial charge in [0.05, 0.1) is 13.7 Å².